The fraction of sp³-hybridized carbons (Fsp3) is 0.263. The Morgan fingerprint density at radius 1 is 1.27 bits per heavy atom. The molecule has 0 radical (unpaired) electrons. The van der Waals surface area contributed by atoms with Crippen LogP contribution in [-0.4, -0.2) is 37.2 Å². The molecule has 2 aromatic heterocycles. The first-order chi connectivity index (χ1) is 12.7. The van der Waals surface area contributed by atoms with Gasteiger partial charge in [-0.05, 0) is 42.8 Å². The number of rotatable bonds is 4. The summed E-state index contributed by atoms with van der Waals surface area (Å²) in [5, 5.41) is 5.38. The number of ether oxygens (including phenoxy) is 1. The van der Waals surface area contributed by atoms with Gasteiger partial charge < -0.3 is 19.4 Å². The van der Waals surface area contributed by atoms with Crippen molar-refractivity contribution in [3.8, 4) is 10.8 Å². The summed E-state index contributed by atoms with van der Waals surface area (Å²) < 4.78 is 10.7. The van der Waals surface area contributed by atoms with Crippen molar-refractivity contribution < 1.29 is 13.9 Å². The first-order valence-electron chi connectivity index (χ1n) is 8.45. The van der Waals surface area contributed by atoms with E-state index in [2.05, 4.69) is 21.3 Å². The molecule has 1 aliphatic heterocycles. The van der Waals surface area contributed by atoms with E-state index in [1.807, 2.05) is 25.1 Å². The van der Waals surface area contributed by atoms with Gasteiger partial charge in [0.05, 0.1) is 19.5 Å². The Morgan fingerprint density at radius 3 is 2.85 bits per heavy atom. The lowest BCUT2D eigenvalue weighted by Crippen LogP contribution is -2.36. The maximum Gasteiger partial charge on any atom is 0.275 e. The molecule has 134 valence electrons. The lowest BCUT2D eigenvalue weighted by Gasteiger charge is -2.29. The number of furan rings is 1. The largest absolute Gasteiger partial charge is 0.462 e. The molecular formula is C19H19N3O3S. The molecule has 1 fully saturated rings. The number of thiazole rings is 1. The fourth-order valence-electron chi connectivity index (χ4n) is 2.88. The zero-order valence-electron chi connectivity index (χ0n) is 14.4. The molecule has 7 heteroatoms. The lowest BCUT2D eigenvalue weighted by molar-refractivity contribution is 0.102. The van der Waals surface area contributed by atoms with Gasteiger partial charge in [0.2, 0.25) is 0 Å². The van der Waals surface area contributed by atoms with Crippen molar-refractivity contribution in [3.63, 3.8) is 0 Å². The summed E-state index contributed by atoms with van der Waals surface area (Å²) in [6.07, 6.45) is 1.59. The smallest absolute Gasteiger partial charge is 0.275 e. The summed E-state index contributed by atoms with van der Waals surface area (Å²) in [4.78, 5) is 19.2. The number of hydrogen-bond donors (Lipinski definition) is 1. The number of aromatic nitrogens is 1. The number of nitrogens with one attached hydrogen (secondary N) is 1. The summed E-state index contributed by atoms with van der Waals surface area (Å²) in [5.74, 6) is 0.446. The van der Waals surface area contributed by atoms with Crippen molar-refractivity contribution in [1.82, 2.24) is 4.98 Å². The Bertz CT molecular complexity index is 899. The van der Waals surface area contributed by atoms with Crippen molar-refractivity contribution in [2.45, 2.75) is 6.92 Å². The monoisotopic (exact) mass is 369 g/mol. The maximum absolute atomic E-state index is 12.5. The van der Waals surface area contributed by atoms with E-state index in [4.69, 9.17) is 9.15 Å². The van der Waals surface area contributed by atoms with Crippen LogP contribution < -0.4 is 10.2 Å². The second-order valence-electron chi connectivity index (χ2n) is 6.07. The Morgan fingerprint density at radius 2 is 2.12 bits per heavy atom. The van der Waals surface area contributed by atoms with Gasteiger partial charge in [-0.1, -0.05) is 0 Å². The van der Waals surface area contributed by atoms with Crippen molar-refractivity contribution in [2.75, 3.05) is 36.5 Å². The molecular weight excluding hydrogens is 350 g/mol. The zero-order chi connectivity index (χ0) is 17.9. The average molecular weight is 369 g/mol. The van der Waals surface area contributed by atoms with Crippen LogP contribution in [0.2, 0.25) is 0 Å². The summed E-state index contributed by atoms with van der Waals surface area (Å²) in [5.41, 5.74) is 3.35. The van der Waals surface area contributed by atoms with Crippen LogP contribution in [0.4, 0.5) is 11.4 Å². The molecule has 0 aliphatic carbocycles. The SMILES string of the molecule is Cc1cc(N2CCOCC2)ccc1NC(=O)c1csc(-c2ccco2)n1. The number of carbonyl (C=O) groups excluding carboxylic acids is 1. The quantitative estimate of drug-likeness (QED) is 0.758. The maximum atomic E-state index is 12.5. The number of nitrogens with zero attached hydrogens (tertiary/aromatic N) is 2. The van der Waals surface area contributed by atoms with E-state index in [1.54, 1.807) is 17.7 Å². The van der Waals surface area contributed by atoms with Gasteiger partial charge in [-0.3, -0.25) is 4.79 Å². The van der Waals surface area contributed by atoms with Crippen LogP contribution in [0.15, 0.2) is 46.4 Å². The summed E-state index contributed by atoms with van der Waals surface area (Å²) >= 11 is 1.39. The standard InChI is InChI=1S/C19H19N3O3S/c1-13-11-14(22-6-9-24-10-7-22)4-5-15(13)20-18(23)16-12-26-19(21-16)17-3-2-8-25-17/h2-5,8,11-12H,6-7,9-10H2,1H3,(H,20,23). The predicted octanol–water partition coefficient (Wildman–Crippen LogP) is 3.80. The third-order valence-electron chi connectivity index (χ3n) is 4.30. The van der Waals surface area contributed by atoms with Crippen molar-refractivity contribution in [1.29, 1.82) is 0 Å². The van der Waals surface area contributed by atoms with Crippen molar-refractivity contribution in [3.05, 3.63) is 53.2 Å². The van der Waals surface area contributed by atoms with Crippen LogP contribution >= 0.6 is 11.3 Å². The minimum Gasteiger partial charge on any atom is -0.462 e. The molecule has 3 heterocycles. The summed E-state index contributed by atoms with van der Waals surface area (Å²) in [7, 11) is 0. The highest BCUT2D eigenvalue weighted by molar-refractivity contribution is 7.13. The third-order valence-corrected chi connectivity index (χ3v) is 5.16. The molecule has 1 saturated heterocycles. The summed E-state index contributed by atoms with van der Waals surface area (Å²) in [6.45, 7) is 5.27. The highest BCUT2D eigenvalue weighted by atomic mass is 32.1. The molecule has 0 atom stereocenters. The Kier molecular flexibility index (Phi) is 4.73. The number of morpholine rings is 1. The first-order valence-corrected chi connectivity index (χ1v) is 9.33. The van der Waals surface area contributed by atoms with Crippen LogP contribution in [0.3, 0.4) is 0 Å². The zero-order valence-corrected chi connectivity index (χ0v) is 15.2. The number of hydrogen-bond acceptors (Lipinski definition) is 6. The second-order valence-corrected chi connectivity index (χ2v) is 6.93. The van der Waals surface area contributed by atoms with Gasteiger partial charge in [-0.25, -0.2) is 4.98 Å². The molecule has 0 unspecified atom stereocenters. The molecule has 1 amide bonds. The van der Waals surface area contributed by atoms with Gasteiger partial charge in [-0.15, -0.1) is 11.3 Å². The van der Waals surface area contributed by atoms with Crippen LogP contribution in [-0.2, 0) is 4.74 Å². The van der Waals surface area contributed by atoms with E-state index < -0.39 is 0 Å². The van der Waals surface area contributed by atoms with Gasteiger partial charge in [-0.2, -0.15) is 0 Å². The molecule has 26 heavy (non-hydrogen) atoms. The van der Waals surface area contributed by atoms with Crippen molar-refractivity contribution in [2.24, 2.45) is 0 Å². The summed E-state index contributed by atoms with van der Waals surface area (Å²) in [6, 6.07) is 9.70. The van der Waals surface area contributed by atoms with Crippen molar-refractivity contribution >= 4 is 28.6 Å². The molecule has 0 saturated carbocycles. The van der Waals surface area contributed by atoms with E-state index in [0.717, 1.165) is 43.2 Å². The van der Waals surface area contributed by atoms with Crippen LogP contribution in [0, 0.1) is 6.92 Å². The molecule has 6 nitrogen and oxygen atoms in total. The molecule has 0 bridgehead atoms. The highest BCUT2D eigenvalue weighted by Gasteiger charge is 2.16. The molecule has 1 aromatic carbocycles. The van der Waals surface area contributed by atoms with Crippen LogP contribution in [0.1, 0.15) is 16.1 Å². The van der Waals surface area contributed by atoms with Gasteiger partial charge >= 0.3 is 0 Å². The number of amides is 1. The van der Waals surface area contributed by atoms with Gasteiger partial charge in [0, 0.05) is 29.8 Å². The topological polar surface area (TPSA) is 67.6 Å². The highest BCUT2D eigenvalue weighted by Crippen LogP contribution is 2.26. The third kappa shape index (κ3) is 3.49. The average Bonchev–Trinajstić information content (AvgIpc) is 3.35. The van der Waals surface area contributed by atoms with Gasteiger partial charge in [0.1, 0.15) is 5.69 Å². The lowest BCUT2D eigenvalue weighted by atomic mass is 10.1. The van der Waals surface area contributed by atoms with E-state index in [0.29, 0.717) is 16.5 Å². The number of aryl methyl sites for hydroxylation is 1. The van der Waals surface area contributed by atoms with E-state index in [-0.39, 0.29) is 5.91 Å². The Labute approximate surface area is 155 Å². The number of anilines is 2. The Balaban J connectivity index is 1.47. The Hall–Kier alpha value is -2.64. The van der Waals surface area contributed by atoms with E-state index in [9.17, 15) is 4.79 Å². The minimum absolute atomic E-state index is 0.221. The second kappa shape index (κ2) is 7.31. The van der Waals surface area contributed by atoms with Gasteiger partial charge in [0.15, 0.2) is 10.8 Å². The molecule has 4 rings (SSSR count). The molecule has 0 spiro atoms. The van der Waals surface area contributed by atoms with Crippen LogP contribution in [0.25, 0.3) is 10.8 Å². The molecule has 3 aromatic rings. The number of benzene rings is 1. The number of carbonyl (C=O) groups is 1. The predicted molar refractivity (Wildman–Crippen MR) is 102 cm³/mol. The van der Waals surface area contributed by atoms with Gasteiger partial charge in [0.25, 0.3) is 5.91 Å². The fourth-order valence-corrected chi connectivity index (χ4v) is 3.65. The first kappa shape index (κ1) is 16.8. The molecule has 1 aliphatic rings. The molecule has 1 N–H and O–H groups in total. The van der Waals surface area contributed by atoms with E-state index >= 15 is 0 Å². The van der Waals surface area contributed by atoms with Crippen LogP contribution in [0.5, 0.6) is 0 Å². The normalized spacial score (nSPS) is 14.4. The van der Waals surface area contributed by atoms with E-state index in [1.165, 1.54) is 11.3 Å². The minimum atomic E-state index is -0.221.